The second-order valence-electron chi connectivity index (χ2n) is 7.00. The van der Waals surface area contributed by atoms with Gasteiger partial charge in [0.25, 0.3) is 5.91 Å². The molecule has 1 aliphatic rings. The van der Waals surface area contributed by atoms with Crippen LogP contribution >= 0.6 is 0 Å². The number of ether oxygens (including phenoxy) is 3. The summed E-state index contributed by atoms with van der Waals surface area (Å²) in [6.45, 7) is 2.04. The molecule has 0 spiro atoms. The molecule has 0 fully saturated rings. The van der Waals surface area contributed by atoms with Gasteiger partial charge in [-0.2, -0.15) is 0 Å². The fourth-order valence-corrected chi connectivity index (χ4v) is 3.66. The lowest BCUT2D eigenvalue weighted by molar-refractivity contribution is 0.0526. The zero-order valence-electron chi connectivity index (χ0n) is 18.0. The number of hydrogen-bond donors (Lipinski definition) is 1. The average molecular weight is 433 g/mol. The second-order valence-corrected chi connectivity index (χ2v) is 7.00. The molecular formula is C24H23N3O5. The summed E-state index contributed by atoms with van der Waals surface area (Å²) in [4.78, 5) is 31.6. The van der Waals surface area contributed by atoms with E-state index in [0.717, 1.165) is 0 Å². The third-order valence-electron chi connectivity index (χ3n) is 5.13. The highest BCUT2D eigenvalue weighted by Gasteiger charge is 2.40. The van der Waals surface area contributed by atoms with Gasteiger partial charge in [0.2, 0.25) is 0 Å². The predicted molar refractivity (Wildman–Crippen MR) is 119 cm³/mol. The highest BCUT2D eigenvalue weighted by atomic mass is 16.5. The molecule has 164 valence electrons. The Bertz CT molecular complexity index is 1160. The highest BCUT2D eigenvalue weighted by molar-refractivity contribution is 6.11. The predicted octanol–water partition coefficient (Wildman–Crippen LogP) is 4.05. The van der Waals surface area contributed by atoms with Crippen LogP contribution in [0.4, 0.5) is 11.4 Å². The van der Waals surface area contributed by atoms with Gasteiger partial charge >= 0.3 is 5.97 Å². The van der Waals surface area contributed by atoms with Crippen LogP contribution in [0.25, 0.3) is 0 Å². The molecule has 0 aliphatic carbocycles. The number of anilines is 2. The maximum atomic E-state index is 13.4. The number of methoxy groups -OCH3 is 2. The molecule has 3 aromatic rings. The van der Waals surface area contributed by atoms with Crippen LogP contribution in [0.15, 0.2) is 60.8 Å². The lowest BCUT2D eigenvalue weighted by Crippen LogP contribution is -2.32. The van der Waals surface area contributed by atoms with Gasteiger partial charge in [0.05, 0.1) is 43.3 Å². The molecule has 0 radical (unpaired) electrons. The van der Waals surface area contributed by atoms with Crippen LogP contribution < -0.4 is 19.7 Å². The van der Waals surface area contributed by atoms with Gasteiger partial charge in [0, 0.05) is 18.0 Å². The Hall–Kier alpha value is -4.07. The van der Waals surface area contributed by atoms with Crippen LogP contribution in [0, 0.1) is 0 Å². The molecule has 2 heterocycles. The van der Waals surface area contributed by atoms with E-state index in [0.29, 0.717) is 39.7 Å². The fraction of sp³-hybridized carbons (Fsp3) is 0.208. The molecule has 0 saturated heterocycles. The first-order valence-corrected chi connectivity index (χ1v) is 10.1. The Labute approximate surface area is 185 Å². The molecule has 1 atom stereocenters. The molecule has 0 bridgehead atoms. The van der Waals surface area contributed by atoms with Crippen molar-refractivity contribution in [2.75, 3.05) is 31.0 Å². The first-order valence-electron chi connectivity index (χ1n) is 10.1. The van der Waals surface area contributed by atoms with Crippen molar-refractivity contribution < 1.29 is 23.8 Å². The highest BCUT2D eigenvalue weighted by Crippen LogP contribution is 2.42. The summed E-state index contributed by atoms with van der Waals surface area (Å²) in [5.74, 6) is 0.460. The van der Waals surface area contributed by atoms with Gasteiger partial charge < -0.3 is 19.5 Å². The van der Waals surface area contributed by atoms with E-state index in [2.05, 4.69) is 10.3 Å². The minimum atomic E-state index is -0.628. The number of rotatable bonds is 7. The normalized spacial score (nSPS) is 14.7. The third kappa shape index (κ3) is 3.82. The largest absolute Gasteiger partial charge is 0.497 e. The third-order valence-corrected chi connectivity index (χ3v) is 5.13. The molecule has 8 nitrogen and oxygen atoms in total. The summed E-state index contributed by atoms with van der Waals surface area (Å²) in [5, 5.41) is 3.34. The SMILES string of the molecule is CCOC(=O)c1cccc(NC2c3ncccc3C(=O)N2c2cc(OC)ccc2OC)c1. The Morgan fingerprint density at radius 2 is 1.94 bits per heavy atom. The van der Waals surface area contributed by atoms with Gasteiger partial charge in [0.15, 0.2) is 6.17 Å². The number of esters is 1. The number of carbonyl (C=O) groups is 2. The maximum Gasteiger partial charge on any atom is 0.338 e. The van der Waals surface area contributed by atoms with E-state index < -0.39 is 12.1 Å². The summed E-state index contributed by atoms with van der Waals surface area (Å²) < 4.78 is 16.0. The topological polar surface area (TPSA) is 90.0 Å². The zero-order chi connectivity index (χ0) is 22.7. The smallest absolute Gasteiger partial charge is 0.338 e. The molecule has 1 aromatic heterocycles. The molecule has 2 aromatic carbocycles. The van der Waals surface area contributed by atoms with Crippen molar-refractivity contribution in [3.63, 3.8) is 0 Å². The van der Waals surface area contributed by atoms with Crippen LogP contribution in [0.1, 0.15) is 39.5 Å². The van der Waals surface area contributed by atoms with Crippen LogP contribution in [0.5, 0.6) is 11.5 Å². The minimum Gasteiger partial charge on any atom is -0.497 e. The number of nitrogens with one attached hydrogen (secondary N) is 1. The second kappa shape index (κ2) is 8.97. The summed E-state index contributed by atoms with van der Waals surface area (Å²) in [7, 11) is 3.10. The van der Waals surface area contributed by atoms with Crippen molar-refractivity contribution in [1.29, 1.82) is 0 Å². The van der Waals surface area contributed by atoms with Crippen LogP contribution in [0.2, 0.25) is 0 Å². The number of aromatic nitrogens is 1. The number of amides is 1. The summed E-state index contributed by atoms with van der Waals surface area (Å²) in [6.07, 6.45) is 1.01. The zero-order valence-corrected chi connectivity index (χ0v) is 18.0. The molecular weight excluding hydrogens is 410 g/mol. The Morgan fingerprint density at radius 3 is 2.69 bits per heavy atom. The first kappa shape index (κ1) is 21.2. The molecule has 1 aliphatic heterocycles. The number of nitrogens with zero attached hydrogens (tertiary/aromatic N) is 2. The fourth-order valence-electron chi connectivity index (χ4n) is 3.66. The van der Waals surface area contributed by atoms with Crippen molar-refractivity contribution in [2.24, 2.45) is 0 Å². The van der Waals surface area contributed by atoms with E-state index in [9.17, 15) is 9.59 Å². The number of fused-ring (bicyclic) bond motifs is 1. The Balaban J connectivity index is 1.78. The number of carbonyl (C=O) groups excluding carboxylic acids is 2. The van der Waals surface area contributed by atoms with Crippen molar-refractivity contribution in [2.45, 2.75) is 13.1 Å². The summed E-state index contributed by atoms with van der Waals surface area (Å²) >= 11 is 0. The van der Waals surface area contributed by atoms with Crippen molar-refractivity contribution >= 4 is 23.3 Å². The van der Waals surface area contributed by atoms with Crippen LogP contribution in [-0.4, -0.2) is 37.7 Å². The number of hydrogen-bond acceptors (Lipinski definition) is 7. The van der Waals surface area contributed by atoms with Gasteiger partial charge in [-0.3, -0.25) is 14.7 Å². The molecule has 4 rings (SSSR count). The van der Waals surface area contributed by atoms with E-state index in [4.69, 9.17) is 14.2 Å². The van der Waals surface area contributed by atoms with Gasteiger partial charge in [0.1, 0.15) is 11.5 Å². The monoisotopic (exact) mass is 433 g/mol. The van der Waals surface area contributed by atoms with Gasteiger partial charge in [-0.05, 0) is 49.4 Å². The molecule has 8 heteroatoms. The molecule has 1 N–H and O–H groups in total. The molecule has 32 heavy (non-hydrogen) atoms. The first-order chi connectivity index (χ1) is 15.6. The number of benzene rings is 2. The molecule has 1 unspecified atom stereocenters. The lowest BCUT2D eigenvalue weighted by Gasteiger charge is -2.28. The van der Waals surface area contributed by atoms with Crippen molar-refractivity contribution in [3.8, 4) is 11.5 Å². The minimum absolute atomic E-state index is 0.223. The van der Waals surface area contributed by atoms with Crippen LogP contribution in [-0.2, 0) is 4.74 Å². The van der Waals surface area contributed by atoms with Gasteiger partial charge in [-0.15, -0.1) is 0 Å². The van der Waals surface area contributed by atoms with Crippen molar-refractivity contribution in [1.82, 2.24) is 4.98 Å². The summed E-state index contributed by atoms with van der Waals surface area (Å²) in [5.41, 5.74) is 2.64. The Kier molecular flexibility index (Phi) is 5.93. The Morgan fingerprint density at radius 1 is 1.09 bits per heavy atom. The van der Waals surface area contributed by atoms with E-state index in [-0.39, 0.29) is 12.5 Å². The van der Waals surface area contributed by atoms with E-state index in [1.165, 1.54) is 0 Å². The van der Waals surface area contributed by atoms with E-state index in [1.54, 1.807) is 80.8 Å². The quantitative estimate of drug-likeness (QED) is 0.562. The maximum absolute atomic E-state index is 13.4. The summed E-state index contributed by atoms with van der Waals surface area (Å²) in [6, 6.07) is 15.6. The lowest BCUT2D eigenvalue weighted by atomic mass is 10.1. The van der Waals surface area contributed by atoms with Crippen LogP contribution in [0.3, 0.4) is 0 Å². The van der Waals surface area contributed by atoms with Gasteiger partial charge in [-0.25, -0.2) is 4.79 Å². The van der Waals surface area contributed by atoms with Crippen molar-refractivity contribution in [3.05, 3.63) is 77.6 Å². The van der Waals surface area contributed by atoms with E-state index in [1.807, 2.05) is 6.07 Å². The number of pyridine rings is 1. The standard InChI is InChI=1S/C24H23N3O5/c1-4-32-24(29)15-7-5-8-16(13-15)26-22-21-18(9-6-12-25-21)23(28)27(22)19-14-17(30-2)10-11-20(19)31-3/h5-14,22,26H,4H2,1-3H3. The molecule has 0 saturated carbocycles. The average Bonchev–Trinajstić information content (AvgIpc) is 3.10. The molecule has 1 amide bonds. The van der Waals surface area contributed by atoms with E-state index >= 15 is 0 Å². The van der Waals surface area contributed by atoms with Gasteiger partial charge in [-0.1, -0.05) is 6.07 Å².